The number of esters is 2. The van der Waals surface area contributed by atoms with Crippen LogP contribution in [0.2, 0.25) is 0 Å². The van der Waals surface area contributed by atoms with Gasteiger partial charge in [-0.1, -0.05) is 38.1 Å². The largest absolute Gasteiger partial charge is 0.456 e. The van der Waals surface area contributed by atoms with E-state index in [1.165, 1.54) is 0 Å². The molecule has 1 aromatic rings. The first-order valence-corrected chi connectivity index (χ1v) is 16.9. The SMILES string of the molecule is C=CCC(CO)NCC(C)CC(C)(OC)C(O[C@@H]1O[C@H](C)C[C@H](N(C)C)[C@H]1OC(=O)c1ccccc1)C(C)C1=C(C)C(=O)OC(C)(C)O1. The van der Waals surface area contributed by atoms with Crippen LogP contribution < -0.4 is 5.32 Å². The molecule has 11 heteroatoms. The Labute approximate surface area is 286 Å². The molecule has 0 radical (unpaired) electrons. The quantitative estimate of drug-likeness (QED) is 0.174. The predicted molar refractivity (Wildman–Crippen MR) is 183 cm³/mol. The second-order valence-corrected chi connectivity index (χ2v) is 14.2. The zero-order chi connectivity index (χ0) is 35.8. The fraction of sp³-hybridized carbons (Fsp3) is 0.676. The van der Waals surface area contributed by atoms with Gasteiger partial charge in [-0.3, -0.25) is 0 Å². The molecule has 0 spiro atoms. The lowest BCUT2D eigenvalue weighted by molar-refractivity contribution is -0.298. The Hall–Kier alpha value is -2.80. The number of likely N-dealkylation sites (N-methyl/N-ethyl adjacent to an activating group) is 1. The van der Waals surface area contributed by atoms with Crippen molar-refractivity contribution in [1.29, 1.82) is 0 Å². The highest BCUT2D eigenvalue weighted by atomic mass is 16.7. The fourth-order valence-corrected chi connectivity index (χ4v) is 6.67. The number of carbonyl (C=O) groups is 2. The van der Waals surface area contributed by atoms with E-state index in [-0.39, 0.29) is 30.7 Å². The highest BCUT2D eigenvalue weighted by Crippen LogP contribution is 2.41. The minimum Gasteiger partial charge on any atom is -0.456 e. The van der Waals surface area contributed by atoms with E-state index in [2.05, 4.69) is 18.8 Å². The lowest BCUT2D eigenvalue weighted by Crippen LogP contribution is -2.59. The molecule has 9 atom stereocenters. The molecule has 270 valence electrons. The van der Waals surface area contributed by atoms with Crippen molar-refractivity contribution in [2.24, 2.45) is 11.8 Å². The summed E-state index contributed by atoms with van der Waals surface area (Å²) in [6.07, 6.45) is 0.866. The second kappa shape index (κ2) is 17.2. The lowest BCUT2D eigenvalue weighted by atomic mass is 9.80. The second-order valence-electron chi connectivity index (χ2n) is 14.2. The molecule has 2 aliphatic rings. The number of hydrogen-bond acceptors (Lipinski definition) is 11. The molecule has 2 N–H and O–H groups in total. The van der Waals surface area contributed by atoms with Gasteiger partial charge in [-0.2, -0.15) is 0 Å². The maximum Gasteiger partial charge on any atom is 0.340 e. The molecule has 0 amide bonds. The van der Waals surface area contributed by atoms with Crippen LogP contribution in [0.4, 0.5) is 0 Å². The maximum atomic E-state index is 13.4. The smallest absolute Gasteiger partial charge is 0.340 e. The van der Waals surface area contributed by atoms with E-state index >= 15 is 0 Å². The van der Waals surface area contributed by atoms with Crippen molar-refractivity contribution in [3.63, 3.8) is 0 Å². The summed E-state index contributed by atoms with van der Waals surface area (Å²) in [6, 6.07) is 8.53. The van der Waals surface area contributed by atoms with Gasteiger partial charge >= 0.3 is 11.9 Å². The summed E-state index contributed by atoms with van der Waals surface area (Å²) in [7, 11) is 5.53. The molecule has 11 nitrogen and oxygen atoms in total. The molecule has 0 aliphatic carbocycles. The Morgan fingerprint density at radius 2 is 1.90 bits per heavy atom. The van der Waals surface area contributed by atoms with Crippen molar-refractivity contribution >= 4 is 11.9 Å². The van der Waals surface area contributed by atoms with Gasteiger partial charge in [0, 0.05) is 32.9 Å². The predicted octanol–water partition coefficient (Wildman–Crippen LogP) is 4.84. The minimum absolute atomic E-state index is 0.00690. The molecule has 1 saturated heterocycles. The summed E-state index contributed by atoms with van der Waals surface area (Å²) in [4.78, 5) is 28.4. The van der Waals surface area contributed by atoms with Gasteiger partial charge in [-0.25, -0.2) is 9.59 Å². The van der Waals surface area contributed by atoms with Crippen LogP contribution in [0.15, 0.2) is 54.3 Å². The molecular formula is C37H58N2O9. The summed E-state index contributed by atoms with van der Waals surface area (Å²) in [5.41, 5.74) is -0.174. The number of aliphatic hydroxyl groups is 1. The Morgan fingerprint density at radius 1 is 1.23 bits per heavy atom. The van der Waals surface area contributed by atoms with Crippen LogP contribution in [-0.2, 0) is 33.2 Å². The molecular weight excluding hydrogens is 616 g/mol. The third-order valence-corrected chi connectivity index (χ3v) is 9.27. The number of nitrogens with one attached hydrogen (secondary N) is 1. The van der Waals surface area contributed by atoms with Gasteiger partial charge in [-0.15, -0.1) is 6.58 Å². The summed E-state index contributed by atoms with van der Waals surface area (Å²) >= 11 is 0. The van der Waals surface area contributed by atoms with Gasteiger partial charge in [0.05, 0.1) is 41.6 Å². The zero-order valence-electron chi connectivity index (χ0n) is 30.5. The van der Waals surface area contributed by atoms with Crippen LogP contribution in [0.25, 0.3) is 0 Å². The Kier molecular flexibility index (Phi) is 14.2. The normalized spacial score (nSPS) is 26.5. The summed E-state index contributed by atoms with van der Waals surface area (Å²) in [6.45, 7) is 17.4. The number of aliphatic hydroxyl groups excluding tert-OH is 1. The van der Waals surface area contributed by atoms with E-state index in [0.717, 1.165) is 0 Å². The number of cyclic esters (lactones) is 1. The average molecular weight is 675 g/mol. The Morgan fingerprint density at radius 3 is 2.48 bits per heavy atom. The molecule has 48 heavy (non-hydrogen) atoms. The van der Waals surface area contributed by atoms with Crippen LogP contribution >= 0.6 is 0 Å². The van der Waals surface area contributed by atoms with E-state index in [0.29, 0.717) is 42.7 Å². The van der Waals surface area contributed by atoms with Gasteiger partial charge in [0.15, 0.2) is 12.4 Å². The van der Waals surface area contributed by atoms with E-state index in [9.17, 15) is 14.7 Å². The maximum absolute atomic E-state index is 13.4. The first-order valence-electron chi connectivity index (χ1n) is 16.9. The van der Waals surface area contributed by atoms with Gasteiger partial charge < -0.3 is 43.7 Å². The van der Waals surface area contributed by atoms with Crippen LogP contribution in [0.1, 0.15) is 78.1 Å². The van der Waals surface area contributed by atoms with E-state index in [1.54, 1.807) is 58.2 Å². The Bertz CT molecular complexity index is 1250. The molecule has 0 aromatic heterocycles. The third kappa shape index (κ3) is 10.1. The summed E-state index contributed by atoms with van der Waals surface area (Å²) in [5, 5.41) is 13.2. The van der Waals surface area contributed by atoms with E-state index in [1.807, 2.05) is 45.8 Å². The number of hydrogen-bond donors (Lipinski definition) is 2. The van der Waals surface area contributed by atoms with Crippen molar-refractivity contribution in [2.45, 2.75) is 116 Å². The molecule has 0 bridgehead atoms. The molecule has 5 unspecified atom stereocenters. The number of carbonyl (C=O) groups excluding carboxylic acids is 2. The highest BCUT2D eigenvalue weighted by Gasteiger charge is 2.50. The van der Waals surface area contributed by atoms with Crippen LogP contribution in [0.3, 0.4) is 0 Å². The van der Waals surface area contributed by atoms with Gasteiger partial charge in [0.1, 0.15) is 5.76 Å². The molecule has 1 aromatic carbocycles. The topological polar surface area (TPSA) is 125 Å². The third-order valence-electron chi connectivity index (χ3n) is 9.27. The van der Waals surface area contributed by atoms with Crippen molar-refractivity contribution in [3.8, 4) is 0 Å². The van der Waals surface area contributed by atoms with Crippen molar-refractivity contribution < 1.29 is 43.1 Å². The monoisotopic (exact) mass is 674 g/mol. The molecule has 1 fully saturated rings. The van der Waals surface area contributed by atoms with Crippen molar-refractivity contribution in [3.05, 3.63) is 59.9 Å². The summed E-state index contributed by atoms with van der Waals surface area (Å²) < 4.78 is 37.8. The van der Waals surface area contributed by atoms with Crippen molar-refractivity contribution in [1.82, 2.24) is 10.2 Å². The minimum atomic E-state index is -1.19. The van der Waals surface area contributed by atoms with Gasteiger partial charge in [0.2, 0.25) is 5.79 Å². The first kappa shape index (κ1) is 39.6. The number of nitrogens with zero attached hydrogens (tertiary/aromatic N) is 1. The highest BCUT2D eigenvalue weighted by molar-refractivity contribution is 5.89. The van der Waals surface area contributed by atoms with Crippen LogP contribution in [-0.4, -0.2) is 104 Å². The average Bonchev–Trinajstić information content (AvgIpc) is 3.04. The molecule has 2 heterocycles. The van der Waals surface area contributed by atoms with Gasteiger partial charge in [0.25, 0.3) is 0 Å². The molecule has 3 rings (SSSR count). The van der Waals surface area contributed by atoms with Crippen LogP contribution in [0, 0.1) is 11.8 Å². The lowest BCUT2D eigenvalue weighted by Gasteiger charge is -2.48. The molecule has 2 aliphatic heterocycles. The van der Waals surface area contributed by atoms with Crippen molar-refractivity contribution in [2.75, 3.05) is 34.4 Å². The standard InChI is InChI=1S/C37H58N2O9/c1-12-16-28(22-40)38-21-23(2)20-37(8,43-11)32(25(4)30-26(5)33(41)48-36(6,7)47-30)46-35-31(29(39(9)10)19-24(3)44-35)45-34(42)27-17-14-13-15-18-27/h12-15,17-18,23-25,28-29,31-32,35,38,40H,1,16,19-22H2,2-11H3/t23?,24-,25?,28?,29+,31-,32?,35+,37?/m1/s1. The number of methoxy groups -OCH3 is 1. The zero-order valence-corrected chi connectivity index (χ0v) is 30.5. The van der Waals surface area contributed by atoms with E-state index < -0.39 is 47.7 Å². The van der Waals surface area contributed by atoms with E-state index in [4.69, 9.17) is 28.4 Å². The van der Waals surface area contributed by atoms with Crippen LogP contribution in [0.5, 0.6) is 0 Å². The number of rotatable bonds is 17. The summed E-state index contributed by atoms with van der Waals surface area (Å²) in [5.74, 6) is -2.14. The van der Waals surface area contributed by atoms with Gasteiger partial charge in [-0.05, 0) is 78.7 Å². The Balaban J connectivity index is 2.05. The number of ether oxygens (including phenoxy) is 6. The first-order chi connectivity index (χ1) is 22.5. The molecule has 0 saturated carbocycles. The fourth-order valence-electron chi connectivity index (χ4n) is 6.67. The number of benzene rings is 1.